The van der Waals surface area contributed by atoms with E-state index in [1.165, 1.54) is 0 Å². The number of rotatable bonds is 4. The van der Waals surface area contributed by atoms with Crippen molar-refractivity contribution in [1.29, 1.82) is 0 Å². The number of hydrogen-bond donors (Lipinski definition) is 1. The minimum absolute atomic E-state index is 0.0404. The summed E-state index contributed by atoms with van der Waals surface area (Å²) < 4.78 is 16.9. The maximum absolute atomic E-state index is 11.8. The van der Waals surface area contributed by atoms with Crippen LogP contribution in [0.4, 0.5) is 4.39 Å². The molecule has 0 aromatic heterocycles. The van der Waals surface area contributed by atoms with Crippen LogP contribution in [0.15, 0.2) is 29.4 Å². The second-order valence-electron chi connectivity index (χ2n) is 2.75. The first kappa shape index (κ1) is 10.5. The second-order valence-corrected chi connectivity index (χ2v) is 2.75. The van der Waals surface area contributed by atoms with Crippen LogP contribution in [0.25, 0.3) is 0 Å². The molecule has 76 valence electrons. The zero-order chi connectivity index (χ0) is 10.4. The van der Waals surface area contributed by atoms with E-state index in [0.29, 0.717) is 11.5 Å². The summed E-state index contributed by atoms with van der Waals surface area (Å²) in [6.45, 7) is 1.20. The highest BCUT2D eigenvalue weighted by atomic mass is 19.1. The van der Waals surface area contributed by atoms with Crippen LogP contribution < -0.4 is 4.74 Å². The molecule has 1 rings (SSSR count). The van der Waals surface area contributed by atoms with E-state index in [-0.39, 0.29) is 6.61 Å². The quantitative estimate of drug-likeness (QED) is 0.457. The molecule has 0 unspecified atom stereocenters. The van der Waals surface area contributed by atoms with Crippen molar-refractivity contribution in [3.63, 3.8) is 0 Å². The molecule has 0 amide bonds. The molecule has 0 radical (unpaired) electrons. The van der Waals surface area contributed by atoms with E-state index >= 15 is 0 Å². The first-order valence-electron chi connectivity index (χ1n) is 4.26. The van der Waals surface area contributed by atoms with Crippen LogP contribution in [-0.2, 0) is 0 Å². The number of benzene rings is 1. The lowest BCUT2D eigenvalue weighted by Crippen LogP contribution is -2.00. The van der Waals surface area contributed by atoms with E-state index in [1.807, 2.05) is 0 Å². The van der Waals surface area contributed by atoms with Crippen molar-refractivity contribution in [2.75, 3.05) is 13.3 Å². The molecule has 0 atom stereocenters. The Bertz CT molecular complexity index is 326. The molecule has 0 heterocycles. The third kappa shape index (κ3) is 2.73. The summed E-state index contributed by atoms with van der Waals surface area (Å²) in [4.78, 5) is 0. The number of oxime groups is 1. The van der Waals surface area contributed by atoms with Crippen molar-refractivity contribution in [1.82, 2.24) is 0 Å². The molecule has 1 N–H and O–H groups in total. The first-order chi connectivity index (χ1) is 6.77. The standard InChI is InChI=1S/C10H12FNO2/c1-8(12-13)9-3-2-4-10(7-9)14-6-5-11/h2-4,7,13H,5-6H2,1H3/b12-8-. The van der Waals surface area contributed by atoms with Crippen LogP contribution in [0.3, 0.4) is 0 Å². The molecule has 1 aromatic carbocycles. The zero-order valence-electron chi connectivity index (χ0n) is 7.90. The smallest absolute Gasteiger partial charge is 0.123 e. The Morgan fingerprint density at radius 1 is 1.57 bits per heavy atom. The van der Waals surface area contributed by atoms with Gasteiger partial charge in [0.1, 0.15) is 19.0 Å². The van der Waals surface area contributed by atoms with Crippen molar-refractivity contribution in [2.24, 2.45) is 5.16 Å². The Hall–Kier alpha value is -1.58. The highest BCUT2D eigenvalue weighted by Crippen LogP contribution is 2.13. The number of ether oxygens (including phenoxy) is 1. The van der Waals surface area contributed by atoms with Gasteiger partial charge in [-0.3, -0.25) is 0 Å². The Morgan fingerprint density at radius 3 is 3.00 bits per heavy atom. The van der Waals surface area contributed by atoms with Gasteiger partial charge < -0.3 is 9.94 Å². The van der Waals surface area contributed by atoms with E-state index in [9.17, 15) is 4.39 Å². The molecule has 1 aromatic rings. The van der Waals surface area contributed by atoms with Gasteiger partial charge in [0.2, 0.25) is 0 Å². The number of halogens is 1. The van der Waals surface area contributed by atoms with Gasteiger partial charge in [-0.05, 0) is 19.1 Å². The largest absolute Gasteiger partial charge is 0.491 e. The topological polar surface area (TPSA) is 41.8 Å². The summed E-state index contributed by atoms with van der Waals surface area (Å²) in [7, 11) is 0. The van der Waals surface area contributed by atoms with E-state index in [1.54, 1.807) is 31.2 Å². The molecule has 0 aliphatic carbocycles. The van der Waals surface area contributed by atoms with Gasteiger partial charge in [-0.2, -0.15) is 0 Å². The van der Waals surface area contributed by atoms with Gasteiger partial charge in [0.05, 0.1) is 5.71 Å². The van der Waals surface area contributed by atoms with E-state index in [2.05, 4.69) is 5.16 Å². The molecular weight excluding hydrogens is 185 g/mol. The molecule has 0 saturated heterocycles. The Labute approximate surface area is 81.8 Å². The summed E-state index contributed by atoms with van der Waals surface area (Å²) >= 11 is 0. The van der Waals surface area contributed by atoms with Gasteiger partial charge in [0.15, 0.2) is 0 Å². The predicted molar refractivity (Wildman–Crippen MR) is 51.9 cm³/mol. The number of alkyl halides is 1. The van der Waals surface area contributed by atoms with Crippen molar-refractivity contribution in [3.8, 4) is 5.75 Å². The minimum atomic E-state index is -0.517. The first-order valence-corrected chi connectivity index (χ1v) is 4.26. The monoisotopic (exact) mass is 197 g/mol. The van der Waals surface area contributed by atoms with Gasteiger partial charge in [-0.25, -0.2) is 4.39 Å². The Kier molecular flexibility index (Phi) is 3.91. The predicted octanol–water partition coefficient (Wildman–Crippen LogP) is 2.23. The summed E-state index contributed by atoms with van der Waals surface area (Å²) in [5.74, 6) is 0.572. The fraction of sp³-hybridized carbons (Fsp3) is 0.300. The fourth-order valence-corrected chi connectivity index (χ4v) is 1.03. The molecular formula is C10H12FNO2. The van der Waals surface area contributed by atoms with Crippen LogP contribution in [0, 0.1) is 0 Å². The van der Waals surface area contributed by atoms with Gasteiger partial charge in [-0.15, -0.1) is 0 Å². The van der Waals surface area contributed by atoms with Crippen LogP contribution in [0.1, 0.15) is 12.5 Å². The molecule has 0 aliphatic heterocycles. The third-order valence-electron chi connectivity index (χ3n) is 1.75. The highest BCUT2D eigenvalue weighted by Gasteiger charge is 1.99. The van der Waals surface area contributed by atoms with Crippen molar-refractivity contribution < 1.29 is 14.3 Å². The fourth-order valence-electron chi connectivity index (χ4n) is 1.03. The molecule has 0 bridgehead atoms. The maximum Gasteiger partial charge on any atom is 0.123 e. The Morgan fingerprint density at radius 2 is 2.36 bits per heavy atom. The van der Waals surface area contributed by atoms with Crippen LogP contribution in [0.5, 0.6) is 5.75 Å². The summed E-state index contributed by atoms with van der Waals surface area (Å²) in [5, 5.41) is 11.6. The second kappa shape index (κ2) is 5.21. The maximum atomic E-state index is 11.8. The lowest BCUT2D eigenvalue weighted by Gasteiger charge is -2.05. The van der Waals surface area contributed by atoms with Crippen molar-refractivity contribution >= 4 is 5.71 Å². The molecule has 0 fully saturated rings. The summed E-state index contributed by atoms with van der Waals surface area (Å²) in [6, 6.07) is 6.98. The molecule has 0 spiro atoms. The van der Waals surface area contributed by atoms with Gasteiger partial charge in [0.25, 0.3) is 0 Å². The lowest BCUT2D eigenvalue weighted by molar-refractivity contribution is 0.273. The minimum Gasteiger partial charge on any atom is -0.491 e. The van der Waals surface area contributed by atoms with Crippen molar-refractivity contribution in [3.05, 3.63) is 29.8 Å². The van der Waals surface area contributed by atoms with E-state index in [0.717, 1.165) is 5.56 Å². The molecule has 3 nitrogen and oxygen atoms in total. The average Bonchev–Trinajstić information content (AvgIpc) is 2.25. The van der Waals surface area contributed by atoms with Crippen LogP contribution in [0.2, 0.25) is 0 Å². The van der Waals surface area contributed by atoms with Gasteiger partial charge >= 0.3 is 0 Å². The molecule has 4 heteroatoms. The molecule has 0 aliphatic rings. The van der Waals surface area contributed by atoms with Crippen LogP contribution >= 0.6 is 0 Å². The Balaban J connectivity index is 2.79. The molecule has 0 saturated carbocycles. The van der Waals surface area contributed by atoms with Gasteiger partial charge in [0, 0.05) is 5.56 Å². The molecule has 14 heavy (non-hydrogen) atoms. The van der Waals surface area contributed by atoms with Crippen LogP contribution in [-0.4, -0.2) is 24.2 Å². The average molecular weight is 197 g/mol. The highest BCUT2D eigenvalue weighted by molar-refractivity contribution is 5.98. The van der Waals surface area contributed by atoms with Crippen molar-refractivity contribution in [2.45, 2.75) is 6.92 Å². The number of hydrogen-bond acceptors (Lipinski definition) is 3. The van der Waals surface area contributed by atoms with Gasteiger partial charge in [-0.1, -0.05) is 17.3 Å². The third-order valence-corrected chi connectivity index (χ3v) is 1.75. The normalized spacial score (nSPS) is 11.4. The van der Waals surface area contributed by atoms with E-state index in [4.69, 9.17) is 9.94 Å². The lowest BCUT2D eigenvalue weighted by atomic mass is 10.1. The summed E-state index contributed by atoms with van der Waals surface area (Å²) in [6.07, 6.45) is 0. The summed E-state index contributed by atoms with van der Waals surface area (Å²) in [5.41, 5.74) is 1.25. The van der Waals surface area contributed by atoms with E-state index < -0.39 is 6.67 Å². The number of nitrogens with zero attached hydrogens (tertiary/aromatic N) is 1. The SMILES string of the molecule is C/C(=N/O)c1cccc(OCCF)c1. The zero-order valence-corrected chi connectivity index (χ0v) is 7.90.